The Balaban J connectivity index is 2.08. The lowest BCUT2D eigenvalue weighted by Crippen LogP contribution is -2.03. The lowest BCUT2D eigenvalue weighted by molar-refractivity contribution is 0.874. The Morgan fingerprint density at radius 2 is 1.03 bits per heavy atom. The molecule has 6 heteroatoms. The summed E-state index contributed by atoms with van der Waals surface area (Å²) in [6.07, 6.45) is 11.4. The van der Waals surface area contributed by atoms with Crippen molar-refractivity contribution in [2.45, 2.75) is 27.7 Å². The number of aromatic nitrogens is 6. The maximum Gasteiger partial charge on any atom is 0.162 e. The highest BCUT2D eigenvalue weighted by Crippen LogP contribution is 2.49. The molecule has 0 radical (unpaired) electrons. The van der Waals surface area contributed by atoms with E-state index in [9.17, 15) is 0 Å². The van der Waals surface area contributed by atoms with Crippen LogP contribution in [0.5, 0.6) is 0 Å². The first-order valence-corrected chi connectivity index (χ1v) is 12.6. The third-order valence-corrected chi connectivity index (χ3v) is 8.08. The summed E-state index contributed by atoms with van der Waals surface area (Å²) in [6.45, 7) is 24.8. The van der Waals surface area contributed by atoms with Crippen molar-refractivity contribution >= 4 is 73.9 Å². The monoisotopic (exact) mass is 494 g/mol. The molecule has 0 fully saturated rings. The second-order valence-corrected chi connectivity index (χ2v) is 9.76. The van der Waals surface area contributed by atoms with E-state index in [4.69, 9.17) is 19.9 Å². The van der Waals surface area contributed by atoms with Crippen LogP contribution in [-0.2, 0) is 0 Å². The van der Waals surface area contributed by atoms with E-state index in [0.717, 1.165) is 95.0 Å². The molecule has 6 aromatic heterocycles. The van der Waals surface area contributed by atoms with Crippen LogP contribution in [0.2, 0.25) is 0 Å². The second kappa shape index (κ2) is 7.35. The molecular formula is C32H26N6. The van der Waals surface area contributed by atoms with Crippen molar-refractivity contribution in [2.75, 3.05) is 0 Å². The highest BCUT2D eigenvalue weighted by Gasteiger charge is 2.34. The largest absolute Gasteiger partial charge is 0.228 e. The van der Waals surface area contributed by atoms with E-state index in [1.165, 1.54) is 0 Å². The van der Waals surface area contributed by atoms with Crippen molar-refractivity contribution < 1.29 is 0 Å². The van der Waals surface area contributed by atoms with Gasteiger partial charge in [-0.05, 0) is 38.8 Å². The molecule has 6 nitrogen and oxygen atoms in total. The minimum absolute atomic E-state index is 0.705. The number of allylic oxidation sites excluding steroid dienone is 7. The van der Waals surface area contributed by atoms with E-state index in [2.05, 4.69) is 53.2 Å². The minimum Gasteiger partial charge on any atom is -0.228 e. The molecule has 8 rings (SSSR count). The lowest BCUT2D eigenvalue weighted by Gasteiger charge is -2.06. The molecule has 2 aliphatic carbocycles. The first-order valence-electron chi connectivity index (χ1n) is 12.6. The van der Waals surface area contributed by atoms with Crippen molar-refractivity contribution in [3.05, 3.63) is 89.6 Å². The smallest absolute Gasteiger partial charge is 0.162 e. The van der Waals surface area contributed by atoms with Gasteiger partial charge in [0.05, 0.1) is 22.8 Å². The highest BCUT2D eigenvalue weighted by atomic mass is 15.4. The van der Waals surface area contributed by atoms with Crippen LogP contribution >= 0.6 is 0 Å². The zero-order valence-electron chi connectivity index (χ0n) is 22.0. The molecule has 0 amide bonds. The van der Waals surface area contributed by atoms with E-state index in [1.54, 1.807) is 6.08 Å². The fraction of sp³-hybridized carbons (Fsp3) is 0.125. The highest BCUT2D eigenvalue weighted by molar-refractivity contribution is 6.24. The molecule has 184 valence electrons. The van der Waals surface area contributed by atoms with Gasteiger partial charge >= 0.3 is 0 Å². The molecule has 6 heterocycles. The van der Waals surface area contributed by atoms with Crippen LogP contribution < -0.4 is 0 Å². The van der Waals surface area contributed by atoms with Gasteiger partial charge in [0, 0.05) is 44.2 Å². The number of nitrogens with zero attached hydrogens (tertiary/aromatic N) is 6. The van der Waals surface area contributed by atoms with Crippen LogP contribution in [-0.4, -0.2) is 29.0 Å². The van der Waals surface area contributed by atoms with Crippen LogP contribution in [0.3, 0.4) is 0 Å². The predicted molar refractivity (Wildman–Crippen MR) is 160 cm³/mol. The van der Waals surface area contributed by atoms with Crippen molar-refractivity contribution in [3.63, 3.8) is 0 Å². The van der Waals surface area contributed by atoms with E-state index >= 15 is 0 Å². The SMILES string of the molecule is C=CC=C1/C(=C\C)c2nc3c(C=C)c(C)c4nc5c6c(nc7c(C=C)c(C=C)c(nc1c26)n7n43)C(C)=C5C. The lowest BCUT2D eigenvalue weighted by atomic mass is 10.1. The molecule has 0 spiro atoms. The van der Waals surface area contributed by atoms with Crippen LogP contribution in [0, 0.1) is 6.92 Å². The topological polar surface area (TPSA) is 60.4 Å². The molecule has 0 saturated carbocycles. The number of rotatable bonds is 4. The van der Waals surface area contributed by atoms with Gasteiger partial charge in [0.2, 0.25) is 0 Å². The van der Waals surface area contributed by atoms with Crippen LogP contribution in [0.1, 0.15) is 65.8 Å². The fourth-order valence-corrected chi connectivity index (χ4v) is 6.18. The third kappa shape index (κ3) is 2.34. The van der Waals surface area contributed by atoms with E-state index in [-0.39, 0.29) is 0 Å². The van der Waals surface area contributed by atoms with Gasteiger partial charge < -0.3 is 0 Å². The Hall–Kier alpha value is -4.84. The summed E-state index contributed by atoms with van der Waals surface area (Å²) in [4.78, 5) is 21.6. The van der Waals surface area contributed by atoms with Gasteiger partial charge in [-0.1, -0.05) is 62.8 Å². The first kappa shape index (κ1) is 22.4. The van der Waals surface area contributed by atoms with Crippen molar-refractivity contribution in [2.24, 2.45) is 0 Å². The summed E-state index contributed by atoms with van der Waals surface area (Å²) in [5.41, 5.74) is 14.2. The van der Waals surface area contributed by atoms with E-state index in [0.29, 0.717) is 5.65 Å². The number of hydrogen-bond donors (Lipinski definition) is 0. The summed E-state index contributed by atoms with van der Waals surface area (Å²) in [7, 11) is 0. The summed E-state index contributed by atoms with van der Waals surface area (Å²) >= 11 is 0. The van der Waals surface area contributed by atoms with Crippen molar-refractivity contribution in [1.82, 2.24) is 29.0 Å². The molecule has 38 heavy (non-hydrogen) atoms. The van der Waals surface area contributed by atoms with Gasteiger partial charge in [0.15, 0.2) is 22.6 Å². The quantitative estimate of drug-likeness (QED) is 0.259. The van der Waals surface area contributed by atoms with Gasteiger partial charge in [0.1, 0.15) is 0 Å². The van der Waals surface area contributed by atoms with E-state index < -0.39 is 0 Å². The zero-order chi connectivity index (χ0) is 26.6. The zero-order valence-corrected chi connectivity index (χ0v) is 22.0. The molecule has 0 aromatic carbocycles. The van der Waals surface area contributed by atoms with Gasteiger partial charge in [-0.15, -0.1) is 0 Å². The average Bonchev–Trinajstić information content (AvgIpc) is 3.57. The summed E-state index contributed by atoms with van der Waals surface area (Å²) in [6, 6.07) is 0. The number of hydrogen-bond acceptors (Lipinski definition) is 4. The molecule has 0 N–H and O–H groups in total. The molecule has 0 aliphatic heterocycles. The fourth-order valence-electron chi connectivity index (χ4n) is 6.18. The average molecular weight is 495 g/mol. The predicted octanol–water partition coefficient (Wildman–Crippen LogP) is 7.57. The van der Waals surface area contributed by atoms with Crippen molar-refractivity contribution in [3.8, 4) is 0 Å². The minimum atomic E-state index is 0.705. The molecule has 0 atom stereocenters. The van der Waals surface area contributed by atoms with Gasteiger partial charge in [-0.3, -0.25) is 0 Å². The van der Waals surface area contributed by atoms with Crippen LogP contribution in [0.15, 0.2) is 44.5 Å². The molecule has 6 aromatic rings. The number of aryl methyl sites for hydroxylation is 1. The van der Waals surface area contributed by atoms with Gasteiger partial charge in [-0.2, -0.15) is 0 Å². The Morgan fingerprint density at radius 3 is 1.55 bits per heavy atom. The summed E-state index contributed by atoms with van der Waals surface area (Å²) in [5, 5.41) is 1.90. The molecular weight excluding hydrogens is 468 g/mol. The Labute approximate surface area is 220 Å². The van der Waals surface area contributed by atoms with Crippen LogP contribution in [0.25, 0.3) is 73.9 Å². The summed E-state index contributed by atoms with van der Waals surface area (Å²) < 4.78 is 4.07. The Morgan fingerprint density at radius 1 is 0.579 bits per heavy atom. The van der Waals surface area contributed by atoms with Gasteiger partial charge in [-0.25, -0.2) is 29.0 Å². The maximum atomic E-state index is 5.42. The second-order valence-electron chi connectivity index (χ2n) is 9.76. The molecule has 0 unspecified atom stereocenters. The first-order chi connectivity index (χ1) is 18.4. The Bertz CT molecular complexity index is 2120. The normalized spacial score (nSPS) is 16.3. The van der Waals surface area contributed by atoms with Crippen LogP contribution in [0.4, 0.5) is 0 Å². The molecule has 2 aliphatic rings. The van der Waals surface area contributed by atoms with Crippen molar-refractivity contribution in [1.29, 1.82) is 0 Å². The molecule has 0 saturated heterocycles. The molecule has 12 bridgehead atoms. The summed E-state index contributed by atoms with van der Waals surface area (Å²) in [5.74, 6) is 0. The maximum absolute atomic E-state index is 5.42. The third-order valence-electron chi connectivity index (χ3n) is 8.08. The Kier molecular flexibility index (Phi) is 4.33. The van der Waals surface area contributed by atoms with E-state index in [1.807, 2.05) is 40.3 Å². The standard InChI is InChI=1S/C32H26N6/c1-9-14-22-19(11-3)27-24-23-25-15(6)16(7)26(23)34-31-20(12-4)21(13-5)32(36-28(22)24)38(31)37-29(33-25)17(8)18(10-2)30(37)35-27/h9-14H,1-2,4-5H2,3,6-8H3/b19-11+,22-14?,24-23?,33-25?,33-29?,34-26?,34-31?,35-27?,35-30?,36-28?,36-32?. The van der Waals surface area contributed by atoms with Gasteiger partial charge in [0.25, 0.3) is 0 Å².